The predicted molar refractivity (Wildman–Crippen MR) is 83.4 cm³/mol. The maximum atomic E-state index is 12.3. The smallest absolute Gasteiger partial charge is 0.251 e. The molecular weight excluding hydrogens is 286 g/mol. The van der Waals surface area contributed by atoms with E-state index in [-0.39, 0.29) is 5.91 Å². The van der Waals surface area contributed by atoms with Gasteiger partial charge in [0.1, 0.15) is 5.00 Å². The van der Waals surface area contributed by atoms with E-state index < -0.39 is 5.91 Å². The first-order valence-electron chi connectivity index (χ1n) is 7.49. The Hall–Kier alpha value is -1.40. The topological polar surface area (TPSA) is 75.4 Å². The molecule has 5 nitrogen and oxygen atoms in total. The molecule has 1 aromatic rings. The van der Waals surface area contributed by atoms with Crippen LogP contribution in [0.25, 0.3) is 0 Å². The molecule has 2 fully saturated rings. The molecule has 1 unspecified atom stereocenters. The molecule has 0 aromatic carbocycles. The van der Waals surface area contributed by atoms with Crippen LogP contribution >= 0.6 is 11.3 Å². The summed E-state index contributed by atoms with van der Waals surface area (Å²) in [5, 5.41) is 5.16. The van der Waals surface area contributed by atoms with Gasteiger partial charge in [-0.3, -0.25) is 14.5 Å². The fraction of sp³-hybridized carbons (Fsp3) is 0.600. The zero-order chi connectivity index (χ0) is 15.0. The molecule has 2 aliphatic rings. The average molecular weight is 307 g/mol. The van der Waals surface area contributed by atoms with Crippen LogP contribution < -0.4 is 11.1 Å². The second-order valence-electron chi connectivity index (χ2n) is 6.06. The standard InChI is InChI=1S/C15H21N3O2S/c1-9(10-2-3-10)18(11-4-5-11)8-13(19)17-15-12(14(16)20)6-7-21-15/h6-7,9-11H,2-5,8H2,1H3,(H2,16,20)(H,17,19). The second kappa shape index (κ2) is 5.77. The Balaban J connectivity index is 1.61. The van der Waals surface area contributed by atoms with E-state index in [9.17, 15) is 9.59 Å². The van der Waals surface area contributed by atoms with Crippen molar-refractivity contribution in [1.29, 1.82) is 0 Å². The van der Waals surface area contributed by atoms with Crippen LogP contribution in [0.15, 0.2) is 11.4 Å². The van der Waals surface area contributed by atoms with Gasteiger partial charge in [-0.1, -0.05) is 0 Å². The Morgan fingerprint density at radius 1 is 1.43 bits per heavy atom. The highest BCUT2D eigenvalue weighted by molar-refractivity contribution is 7.14. The largest absolute Gasteiger partial charge is 0.366 e. The van der Waals surface area contributed by atoms with Gasteiger partial charge >= 0.3 is 0 Å². The van der Waals surface area contributed by atoms with Gasteiger partial charge in [0.2, 0.25) is 5.91 Å². The van der Waals surface area contributed by atoms with Crippen LogP contribution in [-0.2, 0) is 4.79 Å². The number of hydrogen-bond acceptors (Lipinski definition) is 4. The lowest BCUT2D eigenvalue weighted by Crippen LogP contribution is -2.42. The molecule has 1 heterocycles. The third-order valence-corrected chi connectivity index (χ3v) is 5.18. The van der Waals surface area contributed by atoms with Crippen LogP contribution in [0.2, 0.25) is 0 Å². The molecule has 3 rings (SSSR count). The van der Waals surface area contributed by atoms with Crippen molar-refractivity contribution in [2.75, 3.05) is 11.9 Å². The fourth-order valence-corrected chi connectivity index (χ4v) is 3.60. The lowest BCUT2D eigenvalue weighted by Gasteiger charge is -2.28. The molecule has 2 aliphatic carbocycles. The Kier molecular flexibility index (Phi) is 3.99. The van der Waals surface area contributed by atoms with Crippen LogP contribution in [0.3, 0.4) is 0 Å². The number of thiophene rings is 1. The summed E-state index contributed by atoms with van der Waals surface area (Å²) in [5.41, 5.74) is 5.69. The van der Waals surface area contributed by atoms with Gasteiger partial charge in [-0.05, 0) is 50.0 Å². The first-order valence-corrected chi connectivity index (χ1v) is 8.37. The van der Waals surface area contributed by atoms with Gasteiger partial charge in [0.25, 0.3) is 5.91 Å². The molecule has 0 radical (unpaired) electrons. The highest BCUT2D eigenvalue weighted by Gasteiger charge is 2.39. The highest BCUT2D eigenvalue weighted by atomic mass is 32.1. The number of nitrogens with two attached hydrogens (primary N) is 1. The minimum absolute atomic E-state index is 0.0562. The fourth-order valence-electron chi connectivity index (χ4n) is 2.79. The van der Waals surface area contributed by atoms with Crippen LogP contribution in [0.5, 0.6) is 0 Å². The lowest BCUT2D eigenvalue weighted by atomic mass is 10.1. The lowest BCUT2D eigenvalue weighted by molar-refractivity contribution is -0.118. The minimum atomic E-state index is -0.503. The zero-order valence-corrected chi connectivity index (χ0v) is 13.0. The van der Waals surface area contributed by atoms with E-state index in [1.807, 2.05) is 0 Å². The van der Waals surface area contributed by atoms with Crippen molar-refractivity contribution in [3.05, 3.63) is 17.0 Å². The van der Waals surface area contributed by atoms with Crippen LogP contribution in [0.4, 0.5) is 5.00 Å². The summed E-state index contributed by atoms with van der Waals surface area (Å²) in [6, 6.07) is 2.68. The first-order chi connectivity index (χ1) is 10.1. The number of amides is 2. The monoisotopic (exact) mass is 307 g/mol. The Morgan fingerprint density at radius 2 is 2.14 bits per heavy atom. The number of anilines is 1. The second-order valence-corrected chi connectivity index (χ2v) is 6.97. The molecule has 0 saturated heterocycles. The highest BCUT2D eigenvalue weighted by Crippen LogP contribution is 2.39. The normalized spacial score (nSPS) is 19.5. The SMILES string of the molecule is CC(C1CC1)N(CC(=O)Nc1sccc1C(N)=O)C1CC1. The van der Waals surface area contributed by atoms with Crippen molar-refractivity contribution in [1.82, 2.24) is 4.90 Å². The van der Waals surface area contributed by atoms with E-state index in [4.69, 9.17) is 5.73 Å². The van der Waals surface area contributed by atoms with Gasteiger partial charge < -0.3 is 11.1 Å². The Labute approximate surface area is 128 Å². The van der Waals surface area contributed by atoms with Gasteiger partial charge in [0.05, 0.1) is 12.1 Å². The Bertz CT molecular complexity index is 549. The van der Waals surface area contributed by atoms with Crippen molar-refractivity contribution in [2.24, 2.45) is 11.7 Å². The van der Waals surface area contributed by atoms with Gasteiger partial charge in [-0.25, -0.2) is 0 Å². The van der Waals surface area contributed by atoms with Crippen LogP contribution in [-0.4, -0.2) is 35.3 Å². The Morgan fingerprint density at radius 3 is 2.71 bits per heavy atom. The van der Waals surface area contributed by atoms with E-state index in [0.717, 1.165) is 5.92 Å². The van der Waals surface area contributed by atoms with Crippen molar-refractivity contribution < 1.29 is 9.59 Å². The number of carbonyl (C=O) groups is 2. The average Bonchev–Trinajstić information content (AvgIpc) is 3.33. The van der Waals surface area contributed by atoms with Gasteiger partial charge in [0.15, 0.2) is 0 Å². The van der Waals surface area contributed by atoms with Crippen molar-refractivity contribution in [2.45, 2.75) is 44.7 Å². The minimum Gasteiger partial charge on any atom is -0.366 e. The molecule has 6 heteroatoms. The summed E-state index contributed by atoms with van der Waals surface area (Å²) in [5.74, 6) is 0.192. The van der Waals surface area contributed by atoms with Crippen molar-refractivity contribution in [3.63, 3.8) is 0 Å². The predicted octanol–water partition coefficient (Wildman–Crippen LogP) is 2.05. The summed E-state index contributed by atoms with van der Waals surface area (Å²) in [6.45, 7) is 2.63. The van der Waals surface area contributed by atoms with E-state index in [1.165, 1.54) is 37.0 Å². The number of carbonyl (C=O) groups excluding carboxylic acids is 2. The number of nitrogens with zero attached hydrogens (tertiary/aromatic N) is 1. The molecule has 1 atom stereocenters. The molecule has 1 aromatic heterocycles. The third kappa shape index (κ3) is 3.44. The quantitative estimate of drug-likeness (QED) is 0.809. The van der Waals surface area contributed by atoms with Gasteiger partial charge in [0, 0.05) is 12.1 Å². The van der Waals surface area contributed by atoms with E-state index in [2.05, 4.69) is 17.1 Å². The maximum absolute atomic E-state index is 12.3. The molecule has 114 valence electrons. The summed E-state index contributed by atoms with van der Waals surface area (Å²) < 4.78 is 0. The summed E-state index contributed by atoms with van der Waals surface area (Å²) in [7, 11) is 0. The molecular formula is C15H21N3O2S. The van der Waals surface area contributed by atoms with Gasteiger partial charge in [-0.15, -0.1) is 11.3 Å². The van der Waals surface area contributed by atoms with E-state index >= 15 is 0 Å². The van der Waals surface area contributed by atoms with E-state index in [0.29, 0.717) is 29.2 Å². The maximum Gasteiger partial charge on any atom is 0.251 e. The molecule has 2 saturated carbocycles. The molecule has 2 amide bonds. The van der Waals surface area contributed by atoms with Crippen LogP contribution in [0, 0.1) is 5.92 Å². The number of nitrogens with one attached hydrogen (secondary N) is 1. The molecule has 21 heavy (non-hydrogen) atoms. The number of hydrogen-bond donors (Lipinski definition) is 2. The van der Waals surface area contributed by atoms with Crippen molar-refractivity contribution >= 4 is 28.2 Å². The zero-order valence-electron chi connectivity index (χ0n) is 12.2. The van der Waals surface area contributed by atoms with E-state index in [1.54, 1.807) is 11.4 Å². The van der Waals surface area contributed by atoms with Crippen LogP contribution in [0.1, 0.15) is 43.0 Å². The molecule has 3 N–H and O–H groups in total. The summed E-state index contributed by atoms with van der Waals surface area (Å²) in [6.07, 6.45) is 4.94. The molecule has 0 bridgehead atoms. The molecule has 0 spiro atoms. The van der Waals surface area contributed by atoms with Crippen molar-refractivity contribution in [3.8, 4) is 0 Å². The first kappa shape index (κ1) is 14.5. The summed E-state index contributed by atoms with van der Waals surface area (Å²) >= 11 is 1.33. The number of rotatable bonds is 7. The third-order valence-electron chi connectivity index (χ3n) is 4.35. The summed E-state index contributed by atoms with van der Waals surface area (Å²) in [4.78, 5) is 25.9. The number of primary amides is 1. The van der Waals surface area contributed by atoms with Gasteiger partial charge in [-0.2, -0.15) is 0 Å². The molecule has 0 aliphatic heterocycles.